The topological polar surface area (TPSA) is 83.1 Å². The maximum absolute atomic E-state index is 12.3. The van der Waals surface area contributed by atoms with Crippen LogP contribution in [-0.2, 0) is 22.4 Å². The number of thiazole rings is 1. The van der Waals surface area contributed by atoms with E-state index in [1.165, 1.54) is 4.88 Å². The number of aryl methyl sites for hydroxylation is 1. The van der Waals surface area contributed by atoms with Crippen molar-refractivity contribution in [3.8, 4) is 0 Å². The number of anilines is 1. The van der Waals surface area contributed by atoms with E-state index in [4.69, 9.17) is 0 Å². The molecule has 0 bridgehead atoms. The molecule has 1 atom stereocenters. The molecule has 7 heteroatoms. The lowest BCUT2D eigenvalue weighted by molar-refractivity contribution is -0.124. The first-order chi connectivity index (χ1) is 20.1. The summed E-state index contributed by atoms with van der Waals surface area (Å²) in [6.07, 6.45) is 37.0. The quantitative estimate of drug-likeness (QED) is 0.140. The average Bonchev–Trinajstić information content (AvgIpc) is 3.37. The van der Waals surface area contributed by atoms with Crippen LogP contribution in [0.1, 0.15) is 88.6 Å². The van der Waals surface area contributed by atoms with Crippen molar-refractivity contribution in [2.24, 2.45) is 0 Å². The first-order valence-corrected chi connectivity index (χ1v) is 16.1. The SMILES string of the molecule is CCC=CCC=CCC=CCC=CCC=CCC=CCCC(=O)NCC(=O)Nc1nc2c(s1)C[C@H](NCCC)CC2. The van der Waals surface area contributed by atoms with E-state index in [9.17, 15) is 9.59 Å². The summed E-state index contributed by atoms with van der Waals surface area (Å²) in [5, 5.41) is 9.75. The number of fused-ring (bicyclic) bond motifs is 1. The molecule has 1 aromatic heterocycles. The van der Waals surface area contributed by atoms with E-state index in [2.05, 4.69) is 102 Å². The molecule has 0 fully saturated rings. The van der Waals surface area contributed by atoms with Crippen LogP contribution in [0.2, 0.25) is 0 Å². The first kappa shape index (κ1) is 34.2. The molecule has 0 spiro atoms. The van der Waals surface area contributed by atoms with Gasteiger partial charge in [0.15, 0.2) is 5.13 Å². The van der Waals surface area contributed by atoms with Crippen LogP contribution in [0.25, 0.3) is 0 Å². The summed E-state index contributed by atoms with van der Waals surface area (Å²) in [6.45, 7) is 5.32. The summed E-state index contributed by atoms with van der Waals surface area (Å²) in [5.74, 6) is -0.359. The van der Waals surface area contributed by atoms with Crippen molar-refractivity contribution >= 4 is 28.3 Å². The third-order valence-electron chi connectivity index (χ3n) is 6.45. The van der Waals surface area contributed by atoms with E-state index in [-0.39, 0.29) is 18.4 Å². The highest BCUT2D eigenvalue weighted by atomic mass is 32.1. The zero-order valence-corrected chi connectivity index (χ0v) is 25.9. The Morgan fingerprint density at radius 3 is 2.00 bits per heavy atom. The number of amides is 2. The van der Waals surface area contributed by atoms with Crippen molar-refractivity contribution in [3.63, 3.8) is 0 Å². The van der Waals surface area contributed by atoms with E-state index >= 15 is 0 Å². The molecule has 0 saturated heterocycles. The molecular formula is C34H50N4O2S. The molecule has 1 heterocycles. The van der Waals surface area contributed by atoms with Gasteiger partial charge in [0.2, 0.25) is 11.8 Å². The maximum atomic E-state index is 12.3. The number of allylic oxidation sites excluding steroid dienone is 12. The lowest BCUT2D eigenvalue weighted by Gasteiger charge is -2.21. The standard InChI is InChI=1S/C34H50N4O2S/c1-3-5-6-7-8-9-10-11-12-13-14-15-16-17-18-19-20-21-22-23-32(39)36-28-33(40)38-34-37-30-25-24-29(35-26-4-2)27-31(30)41-34/h5-6,8-9,11-12,14-15,17-18,20-21,29,35H,3-4,7,10,13,16,19,22-28H2,1-2H3,(H,36,39)(H,37,38,40)/t29-/m1/s1. The number of rotatable bonds is 20. The van der Waals surface area contributed by atoms with E-state index < -0.39 is 0 Å². The summed E-state index contributed by atoms with van der Waals surface area (Å²) < 4.78 is 0. The Hall–Kier alpha value is -3.03. The molecule has 1 aliphatic rings. The van der Waals surface area contributed by atoms with E-state index in [0.29, 0.717) is 24.0 Å². The number of nitrogens with one attached hydrogen (secondary N) is 3. The van der Waals surface area contributed by atoms with Gasteiger partial charge in [-0.15, -0.1) is 11.3 Å². The van der Waals surface area contributed by atoms with Crippen molar-refractivity contribution in [3.05, 3.63) is 83.5 Å². The van der Waals surface area contributed by atoms with Crippen molar-refractivity contribution in [1.82, 2.24) is 15.6 Å². The van der Waals surface area contributed by atoms with Gasteiger partial charge in [-0.25, -0.2) is 4.98 Å². The molecular weight excluding hydrogens is 528 g/mol. The Morgan fingerprint density at radius 1 is 0.829 bits per heavy atom. The van der Waals surface area contributed by atoms with Gasteiger partial charge in [0.1, 0.15) is 0 Å². The van der Waals surface area contributed by atoms with Crippen molar-refractivity contribution in [2.45, 2.75) is 96.9 Å². The zero-order chi connectivity index (χ0) is 29.4. The second kappa shape index (κ2) is 22.6. The average molecular weight is 579 g/mol. The Balaban J connectivity index is 1.48. The monoisotopic (exact) mass is 578 g/mol. The van der Waals surface area contributed by atoms with Gasteiger partial charge in [0.05, 0.1) is 12.2 Å². The molecule has 2 amide bonds. The maximum Gasteiger partial charge on any atom is 0.245 e. The van der Waals surface area contributed by atoms with Crippen LogP contribution >= 0.6 is 11.3 Å². The fourth-order valence-corrected chi connectivity index (χ4v) is 5.34. The third-order valence-corrected chi connectivity index (χ3v) is 7.49. The van der Waals surface area contributed by atoms with E-state index in [1.54, 1.807) is 11.3 Å². The molecule has 0 unspecified atom stereocenters. The Labute approximate surface area is 251 Å². The number of aromatic nitrogens is 1. The highest BCUT2D eigenvalue weighted by molar-refractivity contribution is 7.15. The second-order valence-electron chi connectivity index (χ2n) is 10.1. The molecule has 1 aliphatic carbocycles. The van der Waals surface area contributed by atoms with Crippen LogP contribution in [0.15, 0.2) is 72.9 Å². The largest absolute Gasteiger partial charge is 0.347 e. The van der Waals surface area contributed by atoms with Crippen LogP contribution in [-0.4, -0.2) is 35.9 Å². The van der Waals surface area contributed by atoms with Crippen LogP contribution < -0.4 is 16.0 Å². The molecule has 224 valence electrons. The second-order valence-corrected chi connectivity index (χ2v) is 11.1. The Kier molecular flexibility index (Phi) is 18.9. The summed E-state index contributed by atoms with van der Waals surface area (Å²) >= 11 is 1.55. The minimum Gasteiger partial charge on any atom is -0.347 e. The third kappa shape index (κ3) is 16.7. The van der Waals surface area contributed by atoms with Gasteiger partial charge in [-0.3, -0.25) is 9.59 Å². The fraction of sp³-hybridized carbons (Fsp3) is 0.500. The highest BCUT2D eigenvalue weighted by Crippen LogP contribution is 2.29. The van der Waals surface area contributed by atoms with Gasteiger partial charge in [0.25, 0.3) is 0 Å². The van der Waals surface area contributed by atoms with E-state index in [0.717, 1.165) is 76.4 Å². The molecule has 0 saturated carbocycles. The summed E-state index contributed by atoms with van der Waals surface area (Å²) in [5.41, 5.74) is 1.10. The lowest BCUT2D eigenvalue weighted by atomic mass is 9.98. The first-order valence-electron chi connectivity index (χ1n) is 15.3. The smallest absolute Gasteiger partial charge is 0.245 e. The summed E-state index contributed by atoms with van der Waals surface area (Å²) in [6, 6.07) is 0.492. The number of hydrogen-bond acceptors (Lipinski definition) is 5. The molecule has 0 aromatic carbocycles. The highest BCUT2D eigenvalue weighted by Gasteiger charge is 2.22. The summed E-state index contributed by atoms with van der Waals surface area (Å²) in [7, 11) is 0. The van der Waals surface area contributed by atoms with E-state index in [1.807, 2.05) is 6.08 Å². The van der Waals surface area contributed by atoms with Crippen LogP contribution in [0.4, 0.5) is 5.13 Å². The summed E-state index contributed by atoms with van der Waals surface area (Å²) in [4.78, 5) is 30.2. The minimum absolute atomic E-state index is 0.0342. The zero-order valence-electron chi connectivity index (χ0n) is 25.1. The normalized spacial score (nSPS) is 15.8. The predicted octanol–water partition coefficient (Wildman–Crippen LogP) is 7.53. The predicted molar refractivity (Wildman–Crippen MR) is 175 cm³/mol. The molecule has 0 aliphatic heterocycles. The molecule has 3 N–H and O–H groups in total. The molecule has 0 radical (unpaired) electrons. The molecule has 2 rings (SSSR count). The molecule has 6 nitrogen and oxygen atoms in total. The van der Waals surface area contributed by atoms with Crippen LogP contribution in [0.5, 0.6) is 0 Å². The van der Waals surface area contributed by atoms with Gasteiger partial charge in [-0.1, -0.05) is 86.8 Å². The number of nitrogens with zero attached hydrogens (tertiary/aromatic N) is 1. The van der Waals surface area contributed by atoms with Gasteiger partial charge in [-0.05, 0) is 77.2 Å². The Bertz CT molecular complexity index is 1060. The van der Waals surface area contributed by atoms with Crippen LogP contribution in [0, 0.1) is 0 Å². The minimum atomic E-state index is -0.237. The van der Waals surface area contributed by atoms with Crippen molar-refractivity contribution in [2.75, 3.05) is 18.4 Å². The van der Waals surface area contributed by atoms with Gasteiger partial charge in [0, 0.05) is 17.3 Å². The molecule has 1 aromatic rings. The number of hydrogen-bond donors (Lipinski definition) is 3. The fourth-order valence-electron chi connectivity index (χ4n) is 4.24. The van der Waals surface area contributed by atoms with Crippen molar-refractivity contribution < 1.29 is 9.59 Å². The number of carbonyl (C=O) groups excluding carboxylic acids is 2. The van der Waals surface area contributed by atoms with Crippen LogP contribution in [0.3, 0.4) is 0 Å². The van der Waals surface area contributed by atoms with Crippen molar-refractivity contribution in [1.29, 1.82) is 0 Å². The van der Waals surface area contributed by atoms with Gasteiger partial charge in [-0.2, -0.15) is 0 Å². The van der Waals surface area contributed by atoms with Gasteiger partial charge >= 0.3 is 0 Å². The Morgan fingerprint density at radius 2 is 1.41 bits per heavy atom. The lowest BCUT2D eigenvalue weighted by Crippen LogP contribution is -2.34. The number of carbonyl (C=O) groups is 2. The molecule has 41 heavy (non-hydrogen) atoms. The van der Waals surface area contributed by atoms with Gasteiger partial charge < -0.3 is 16.0 Å².